The van der Waals surface area contributed by atoms with Crippen molar-refractivity contribution in [3.8, 4) is 11.6 Å². The molecule has 2 heterocycles. The number of carbonyl (C=O) groups is 2. The van der Waals surface area contributed by atoms with E-state index in [0.717, 1.165) is 0 Å². The molecule has 2 aromatic carbocycles. The monoisotopic (exact) mass is 392 g/mol. The molecule has 0 saturated heterocycles. The molecule has 29 heavy (non-hydrogen) atoms. The van der Waals surface area contributed by atoms with E-state index in [4.69, 9.17) is 9.47 Å². The first-order chi connectivity index (χ1) is 14.1. The van der Waals surface area contributed by atoms with Gasteiger partial charge in [0.05, 0.1) is 12.0 Å². The molecule has 146 valence electrons. The molecule has 6 nitrogen and oxygen atoms in total. The zero-order chi connectivity index (χ0) is 20.2. The molecule has 1 aliphatic heterocycles. The standard InChI is InChI=1S/C22H17FN2O4/c23-15-6-3-7-16(11-15)28-21-14(5-4-10-24-21)13-25-20(26)12-19-17-8-1-2-9-18(17)22(27)29-19/h1-11,19H,12-13H2,(H,25,26)/t19-/m1/s1. The highest BCUT2D eigenvalue weighted by Crippen LogP contribution is 2.32. The molecule has 1 atom stereocenters. The summed E-state index contributed by atoms with van der Waals surface area (Å²) in [6.07, 6.45) is 0.966. The van der Waals surface area contributed by atoms with Crippen LogP contribution in [-0.4, -0.2) is 16.9 Å². The van der Waals surface area contributed by atoms with Crippen LogP contribution in [0.2, 0.25) is 0 Å². The molecule has 0 radical (unpaired) electrons. The average Bonchev–Trinajstić information content (AvgIpc) is 3.03. The molecule has 1 N–H and O–H groups in total. The van der Waals surface area contributed by atoms with Crippen LogP contribution >= 0.6 is 0 Å². The van der Waals surface area contributed by atoms with Crippen LogP contribution in [0.1, 0.15) is 34.0 Å². The minimum Gasteiger partial charge on any atom is -0.453 e. The number of carbonyl (C=O) groups excluding carboxylic acids is 2. The molecule has 0 fully saturated rings. The predicted octanol–water partition coefficient (Wildman–Crippen LogP) is 3.93. The molecule has 0 unspecified atom stereocenters. The maximum atomic E-state index is 13.4. The Morgan fingerprint density at radius 3 is 2.86 bits per heavy atom. The summed E-state index contributed by atoms with van der Waals surface area (Å²) in [6.45, 7) is 0.166. The average molecular weight is 392 g/mol. The summed E-state index contributed by atoms with van der Waals surface area (Å²) in [6, 6.07) is 16.2. The second kappa shape index (κ2) is 8.10. The van der Waals surface area contributed by atoms with Crippen molar-refractivity contribution < 1.29 is 23.5 Å². The summed E-state index contributed by atoms with van der Waals surface area (Å²) in [5, 5.41) is 2.78. The minimum atomic E-state index is -0.601. The maximum Gasteiger partial charge on any atom is 0.339 e. The Kier molecular flexibility index (Phi) is 5.20. The van der Waals surface area contributed by atoms with Gasteiger partial charge in [-0.2, -0.15) is 0 Å². The fourth-order valence-electron chi connectivity index (χ4n) is 3.10. The number of esters is 1. The number of hydrogen-bond acceptors (Lipinski definition) is 5. The Hall–Kier alpha value is -3.74. The van der Waals surface area contributed by atoms with E-state index in [1.165, 1.54) is 18.2 Å². The van der Waals surface area contributed by atoms with Gasteiger partial charge in [0.1, 0.15) is 17.7 Å². The molecule has 0 aliphatic carbocycles. The molecular weight excluding hydrogens is 375 g/mol. The van der Waals surface area contributed by atoms with Gasteiger partial charge in [-0.15, -0.1) is 0 Å². The van der Waals surface area contributed by atoms with E-state index in [0.29, 0.717) is 22.4 Å². The Morgan fingerprint density at radius 1 is 1.14 bits per heavy atom. The summed E-state index contributed by atoms with van der Waals surface area (Å²) in [7, 11) is 0. The van der Waals surface area contributed by atoms with Gasteiger partial charge in [-0.25, -0.2) is 14.2 Å². The van der Waals surface area contributed by atoms with Crippen molar-refractivity contribution in [1.29, 1.82) is 0 Å². The lowest BCUT2D eigenvalue weighted by molar-refractivity contribution is -0.123. The van der Waals surface area contributed by atoms with Crippen LogP contribution in [0.3, 0.4) is 0 Å². The summed E-state index contributed by atoms with van der Waals surface area (Å²) in [5.41, 5.74) is 1.83. The number of nitrogens with one attached hydrogen (secondary N) is 1. The van der Waals surface area contributed by atoms with Gasteiger partial charge in [-0.05, 0) is 24.3 Å². The Labute approximate surface area is 166 Å². The number of nitrogens with zero attached hydrogens (tertiary/aromatic N) is 1. The second-order valence-electron chi connectivity index (χ2n) is 6.49. The number of rotatable bonds is 6. The number of halogens is 1. The molecular formula is C22H17FN2O4. The Balaban J connectivity index is 1.40. The van der Waals surface area contributed by atoms with Crippen molar-refractivity contribution in [3.05, 3.63) is 89.4 Å². The van der Waals surface area contributed by atoms with Gasteiger partial charge in [0.25, 0.3) is 0 Å². The number of cyclic esters (lactones) is 1. The van der Waals surface area contributed by atoms with E-state index in [2.05, 4.69) is 10.3 Å². The van der Waals surface area contributed by atoms with Crippen LogP contribution < -0.4 is 10.1 Å². The first-order valence-corrected chi connectivity index (χ1v) is 9.04. The van der Waals surface area contributed by atoms with Gasteiger partial charge in [0.2, 0.25) is 11.8 Å². The molecule has 0 saturated carbocycles. The van der Waals surface area contributed by atoms with E-state index < -0.39 is 17.9 Å². The number of aromatic nitrogens is 1. The number of ether oxygens (including phenoxy) is 2. The Morgan fingerprint density at radius 2 is 2.00 bits per heavy atom. The van der Waals surface area contributed by atoms with Crippen molar-refractivity contribution in [2.45, 2.75) is 19.1 Å². The number of hydrogen-bond donors (Lipinski definition) is 1. The smallest absolute Gasteiger partial charge is 0.339 e. The molecule has 0 spiro atoms. The van der Waals surface area contributed by atoms with E-state index in [1.54, 1.807) is 48.7 Å². The van der Waals surface area contributed by atoms with Crippen molar-refractivity contribution in [3.63, 3.8) is 0 Å². The van der Waals surface area contributed by atoms with Gasteiger partial charge in [0.15, 0.2) is 0 Å². The van der Waals surface area contributed by atoms with Crippen LogP contribution in [-0.2, 0) is 16.1 Å². The molecule has 1 amide bonds. The lowest BCUT2D eigenvalue weighted by Crippen LogP contribution is -2.25. The lowest BCUT2D eigenvalue weighted by atomic mass is 10.0. The summed E-state index contributed by atoms with van der Waals surface area (Å²) in [4.78, 5) is 28.4. The molecule has 3 aromatic rings. The third-order valence-electron chi connectivity index (χ3n) is 4.48. The third kappa shape index (κ3) is 4.24. The summed E-state index contributed by atoms with van der Waals surface area (Å²) < 4.78 is 24.3. The molecule has 1 aromatic heterocycles. The minimum absolute atomic E-state index is 0.0170. The topological polar surface area (TPSA) is 77.5 Å². The molecule has 4 rings (SSSR count). The van der Waals surface area contributed by atoms with Gasteiger partial charge in [0, 0.05) is 29.9 Å². The predicted molar refractivity (Wildman–Crippen MR) is 102 cm³/mol. The highest BCUT2D eigenvalue weighted by atomic mass is 19.1. The van der Waals surface area contributed by atoms with Crippen molar-refractivity contribution >= 4 is 11.9 Å². The fourth-order valence-corrected chi connectivity index (χ4v) is 3.10. The molecule has 7 heteroatoms. The van der Waals surface area contributed by atoms with Crippen LogP contribution in [0.5, 0.6) is 11.6 Å². The largest absolute Gasteiger partial charge is 0.453 e. The number of benzene rings is 2. The van der Waals surface area contributed by atoms with Crippen LogP contribution in [0.4, 0.5) is 4.39 Å². The van der Waals surface area contributed by atoms with Gasteiger partial charge < -0.3 is 14.8 Å². The molecule has 0 bridgehead atoms. The second-order valence-corrected chi connectivity index (χ2v) is 6.49. The normalized spacial score (nSPS) is 14.8. The number of fused-ring (bicyclic) bond motifs is 1. The number of amides is 1. The molecule has 1 aliphatic rings. The van der Waals surface area contributed by atoms with Crippen molar-refractivity contribution in [2.75, 3.05) is 0 Å². The van der Waals surface area contributed by atoms with Crippen LogP contribution in [0, 0.1) is 5.82 Å². The quantitative estimate of drug-likeness (QED) is 0.643. The van der Waals surface area contributed by atoms with Crippen LogP contribution in [0.15, 0.2) is 66.9 Å². The van der Waals surface area contributed by atoms with Gasteiger partial charge in [-0.3, -0.25) is 4.79 Å². The zero-order valence-corrected chi connectivity index (χ0v) is 15.3. The number of pyridine rings is 1. The summed E-state index contributed by atoms with van der Waals surface area (Å²) >= 11 is 0. The van der Waals surface area contributed by atoms with E-state index in [9.17, 15) is 14.0 Å². The summed E-state index contributed by atoms with van der Waals surface area (Å²) in [5.74, 6) is -0.530. The van der Waals surface area contributed by atoms with Gasteiger partial charge in [-0.1, -0.05) is 30.3 Å². The highest BCUT2D eigenvalue weighted by Gasteiger charge is 2.31. The highest BCUT2D eigenvalue weighted by molar-refractivity contribution is 5.94. The fraction of sp³-hybridized carbons (Fsp3) is 0.136. The third-order valence-corrected chi connectivity index (χ3v) is 4.48. The van der Waals surface area contributed by atoms with Crippen LogP contribution in [0.25, 0.3) is 0 Å². The maximum absolute atomic E-state index is 13.4. The first kappa shape index (κ1) is 18.6. The van der Waals surface area contributed by atoms with Gasteiger partial charge >= 0.3 is 5.97 Å². The SMILES string of the molecule is O=C(C[C@H]1OC(=O)c2ccccc21)NCc1cccnc1Oc1cccc(F)c1. The van der Waals surface area contributed by atoms with E-state index >= 15 is 0 Å². The first-order valence-electron chi connectivity index (χ1n) is 9.04. The lowest BCUT2D eigenvalue weighted by Gasteiger charge is -2.13. The Bertz CT molecular complexity index is 1070. The van der Waals surface area contributed by atoms with Crippen molar-refractivity contribution in [1.82, 2.24) is 10.3 Å². The zero-order valence-electron chi connectivity index (χ0n) is 15.3. The van der Waals surface area contributed by atoms with E-state index in [-0.39, 0.29) is 24.8 Å². The van der Waals surface area contributed by atoms with E-state index in [1.807, 2.05) is 0 Å². The van der Waals surface area contributed by atoms with Crippen molar-refractivity contribution in [2.24, 2.45) is 0 Å².